The number of amides is 3. The van der Waals surface area contributed by atoms with Gasteiger partial charge in [-0.15, -0.1) is 0 Å². The van der Waals surface area contributed by atoms with Gasteiger partial charge >= 0.3 is 12.1 Å². The van der Waals surface area contributed by atoms with Crippen LogP contribution in [0.1, 0.15) is 52.5 Å². The van der Waals surface area contributed by atoms with Crippen LogP contribution in [0.3, 0.4) is 0 Å². The Morgan fingerprint density at radius 2 is 1.86 bits per heavy atom. The molecule has 14 heteroatoms. The van der Waals surface area contributed by atoms with Crippen molar-refractivity contribution in [2.24, 2.45) is 5.41 Å². The van der Waals surface area contributed by atoms with Crippen LogP contribution in [-0.2, 0) is 20.9 Å². The summed E-state index contributed by atoms with van der Waals surface area (Å²) in [6, 6.07) is 3.83. The molecular weight excluding hydrogens is 677 g/mol. The van der Waals surface area contributed by atoms with Gasteiger partial charge in [-0.25, -0.2) is 23.4 Å². The third-order valence-corrected chi connectivity index (χ3v) is 11.0. The third kappa shape index (κ3) is 8.55. The summed E-state index contributed by atoms with van der Waals surface area (Å²) >= 11 is 0. The first-order valence-electron chi connectivity index (χ1n) is 17.6. The summed E-state index contributed by atoms with van der Waals surface area (Å²) in [6.07, 6.45) is 7.42. The molecule has 2 aromatic heterocycles. The number of ether oxygens (including phenoxy) is 4. The Morgan fingerprint density at radius 1 is 1.14 bits per heavy atom. The molecule has 2 atom stereocenters. The summed E-state index contributed by atoms with van der Waals surface area (Å²) in [5.41, 5.74) is 1.49. The molecule has 6 rings (SSSR count). The van der Waals surface area contributed by atoms with Crippen LogP contribution >= 0.6 is 0 Å². The van der Waals surface area contributed by atoms with E-state index in [0.29, 0.717) is 43.8 Å². The van der Waals surface area contributed by atoms with Crippen LogP contribution < -0.4 is 15.4 Å². The summed E-state index contributed by atoms with van der Waals surface area (Å²) in [5, 5.41) is 5.80. The van der Waals surface area contributed by atoms with Crippen LogP contribution in [-0.4, -0.2) is 78.7 Å². The molecule has 0 spiro atoms. The van der Waals surface area contributed by atoms with Crippen LogP contribution in [0.15, 0.2) is 36.7 Å². The molecule has 2 unspecified atom stereocenters. The molecule has 0 radical (unpaired) electrons. The van der Waals surface area contributed by atoms with Gasteiger partial charge in [0, 0.05) is 68.5 Å². The van der Waals surface area contributed by atoms with E-state index in [2.05, 4.69) is 41.3 Å². The Balaban J connectivity index is 1.29. The van der Waals surface area contributed by atoms with E-state index in [1.807, 2.05) is 43.4 Å². The average molecular weight is 726 g/mol. The maximum absolute atomic E-state index is 15.5. The number of pyridine rings is 1. The van der Waals surface area contributed by atoms with Crippen molar-refractivity contribution < 1.29 is 37.3 Å². The highest BCUT2D eigenvalue weighted by Crippen LogP contribution is 2.44. The van der Waals surface area contributed by atoms with Crippen LogP contribution in [0.25, 0.3) is 16.6 Å². The lowest BCUT2D eigenvalue weighted by Crippen LogP contribution is -2.49. The smallest absolute Gasteiger partial charge is 0.411 e. The molecule has 3 aliphatic rings. The number of benzene rings is 1. The van der Waals surface area contributed by atoms with Gasteiger partial charge in [0.05, 0.1) is 24.6 Å². The largest absolute Gasteiger partial charge is 0.450 e. The van der Waals surface area contributed by atoms with Crippen molar-refractivity contribution in [3.05, 3.63) is 53.9 Å². The van der Waals surface area contributed by atoms with Gasteiger partial charge < -0.3 is 34.1 Å². The summed E-state index contributed by atoms with van der Waals surface area (Å²) in [5.74, 6) is -2.35. The SMILES string of the molecule is CC1(CNC(=O)Nc2cc(F)c(Oc3ccnc4c3c(C3=CC5CCC(C3)N5C(=O)OC(C)(C)C)cn4COCC[Si](C)(C)C)c(F)c2)COC1. The van der Waals surface area contributed by atoms with E-state index in [1.54, 1.807) is 6.07 Å². The average Bonchev–Trinajstić information content (AvgIpc) is 3.52. The molecule has 3 aromatic rings. The highest BCUT2D eigenvalue weighted by molar-refractivity contribution is 6.76. The lowest BCUT2D eigenvalue weighted by atomic mass is 9.89. The van der Waals surface area contributed by atoms with Gasteiger partial charge in [0.25, 0.3) is 0 Å². The van der Waals surface area contributed by atoms with Crippen molar-refractivity contribution in [2.45, 2.75) is 97.1 Å². The van der Waals surface area contributed by atoms with Crippen molar-refractivity contribution in [3.8, 4) is 11.5 Å². The standard InChI is InChI=1S/C37H49F2N5O6Si/c1-36(2,3)50-35(46)44-25-8-9-26(44)15-23(14-25)27-18-43(22-47-12-13-51(5,6)7)33-31(27)30(10-11-40-33)49-32-28(38)16-24(17-29(32)39)42-34(45)41-19-37(4)20-48-21-37/h10-11,14,16-18,25-26H,8-9,12-13,15,19-22H2,1-7H3,(H2,41,42,45). The minimum absolute atomic E-state index is 0.0515. The van der Waals surface area contributed by atoms with Gasteiger partial charge in [-0.05, 0) is 57.7 Å². The van der Waals surface area contributed by atoms with Crippen molar-refractivity contribution >= 4 is 42.5 Å². The fourth-order valence-corrected chi connectivity index (χ4v) is 7.40. The molecular formula is C37H49F2N5O6Si. The van der Waals surface area contributed by atoms with Crippen molar-refractivity contribution in [2.75, 3.05) is 31.7 Å². The zero-order valence-corrected chi connectivity index (χ0v) is 31.5. The minimum Gasteiger partial charge on any atom is -0.450 e. The first-order chi connectivity index (χ1) is 24.0. The molecule has 0 aliphatic carbocycles. The highest BCUT2D eigenvalue weighted by atomic mass is 28.3. The Morgan fingerprint density at radius 3 is 2.49 bits per heavy atom. The number of carbonyl (C=O) groups excluding carboxylic acids is 2. The van der Waals surface area contributed by atoms with Crippen LogP contribution in [0.2, 0.25) is 25.7 Å². The number of nitrogens with zero attached hydrogens (tertiary/aromatic N) is 3. The van der Waals surface area contributed by atoms with Crippen LogP contribution in [0.4, 0.5) is 24.1 Å². The molecule has 2 fully saturated rings. The Hall–Kier alpha value is -4.01. The fraction of sp³-hybridized carbons (Fsp3) is 0.541. The van der Waals surface area contributed by atoms with Crippen molar-refractivity contribution in [3.63, 3.8) is 0 Å². The molecule has 11 nitrogen and oxygen atoms in total. The molecule has 5 heterocycles. The Kier molecular flexibility index (Phi) is 10.2. The molecule has 3 amide bonds. The van der Waals surface area contributed by atoms with Crippen molar-refractivity contribution in [1.29, 1.82) is 0 Å². The van der Waals surface area contributed by atoms with Gasteiger partial charge in [0.2, 0.25) is 0 Å². The second-order valence-electron chi connectivity index (χ2n) is 16.4. The molecule has 2 N–H and O–H groups in total. The summed E-state index contributed by atoms with van der Waals surface area (Å²) < 4.78 is 56.0. The van der Waals surface area contributed by atoms with E-state index >= 15 is 8.78 Å². The molecule has 3 aliphatic heterocycles. The number of fused-ring (bicyclic) bond motifs is 3. The number of urea groups is 1. The van der Waals surface area contributed by atoms with Gasteiger partial charge in [-0.3, -0.25) is 4.90 Å². The summed E-state index contributed by atoms with van der Waals surface area (Å²) in [4.78, 5) is 32.1. The zero-order chi connectivity index (χ0) is 36.7. The number of hydrogen-bond acceptors (Lipinski definition) is 7. The van der Waals surface area contributed by atoms with Gasteiger partial charge in [-0.1, -0.05) is 32.6 Å². The maximum atomic E-state index is 15.5. The number of aromatic nitrogens is 2. The molecule has 2 bridgehead atoms. The molecule has 51 heavy (non-hydrogen) atoms. The Labute approximate surface area is 298 Å². The number of halogens is 2. The van der Waals surface area contributed by atoms with E-state index < -0.39 is 37.1 Å². The number of nitrogens with one attached hydrogen (secondary N) is 2. The summed E-state index contributed by atoms with van der Waals surface area (Å²) in [7, 11) is -1.32. The topological polar surface area (TPSA) is 116 Å². The van der Waals surface area contributed by atoms with Gasteiger partial charge in [0.15, 0.2) is 17.4 Å². The molecule has 276 valence electrons. The van der Waals surface area contributed by atoms with E-state index in [-0.39, 0.29) is 41.8 Å². The van der Waals surface area contributed by atoms with E-state index in [1.165, 1.54) is 6.20 Å². The highest BCUT2D eigenvalue weighted by Gasteiger charge is 2.42. The van der Waals surface area contributed by atoms with Gasteiger partial charge in [0.1, 0.15) is 23.7 Å². The summed E-state index contributed by atoms with van der Waals surface area (Å²) in [6.45, 7) is 16.7. The van der Waals surface area contributed by atoms with E-state index in [4.69, 9.17) is 18.9 Å². The Bertz CT molecular complexity index is 1810. The third-order valence-electron chi connectivity index (χ3n) is 9.34. The van der Waals surface area contributed by atoms with Crippen molar-refractivity contribution in [1.82, 2.24) is 19.8 Å². The second-order valence-corrected chi connectivity index (χ2v) is 22.1. The molecule has 0 saturated carbocycles. The monoisotopic (exact) mass is 725 g/mol. The first kappa shape index (κ1) is 36.8. The predicted molar refractivity (Wildman–Crippen MR) is 194 cm³/mol. The second kappa shape index (κ2) is 14.2. The quantitative estimate of drug-likeness (QED) is 0.152. The lowest BCUT2D eigenvalue weighted by molar-refractivity contribution is -0.0974. The van der Waals surface area contributed by atoms with E-state index in [0.717, 1.165) is 42.2 Å². The first-order valence-corrected chi connectivity index (χ1v) is 21.3. The minimum atomic E-state index is -1.32. The zero-order valence-electron chi connectivity index (χ0n) is 30.5. The van der Waals surface area contributed by atoms with Crippen LogP contribution in [0.5, 0.6) is 11.5 Å². The molecule has 2 saturated heterocycles. The fourth-order valence-electron chi connectivity index (χ4n) is 6.64. The lowest BCUT2D eigenvalue weighted by Gasteiger charge is -2.37. The normalized spacial score (nSPS) is 19.8. The van der Waals surface area contributed by atoms with Gasteiger partial charge in [-0.2, -0.15) is 0 Å². The number of anilines is 1. The number of rotatable bonds is 11. The number of hydrogen-bond donors (Lipinski definition) is 2. The predicted octanol–water partition coefficient (Wildman–Crippen LogP) is 8.13. The van der Waals surface area contributed by atoms with Crippen LogP contribution in [0, 0.1) is 17.0 Å². The number of carbonyl (C=O) groups is 2. The molecule has 1 aromatic carbocycles. The maximum Gasteiger partial charge on any atom is 0.411 e. The van der Waals surface area contributed by atoms with E-state index in [9.17, 15) is 9.59 Å².